The minimum absolute atomic E-state index is 0.185. The zero-order valence-corrected chi connectivity index (χ0v) is 13.2. The highest BCUT2D eigenvalue weighted by molar-refractivity contribution is 9.10. The monoisotopic (exact) mass is 351 g/mol. The quantitative estimate of drug-likeness (QED) is 0.866. The van der Waals surface area contributed by atoms with Gasteiger partial charge in [-0.15, -0.1) is 0 Å². The van der Waals surface area contributed by atoms with Crippen molar-refractivity contribution in [2.75, 3.05) is 0 Å². The molecule has 2 aromatic carbocycles. The second kappa shape index (κ2) is 5.76. The summed E-state index contributed by atoms with van der Waals surface area (Å²) in [6.07, 6.45) is 2.75. The number of hydrogen-bond acceptors (Lipinski definition) is 2. The molecule has 0 heterocycles. The Balaban J connectivity index is 1.78. The molecule has 0 radical (unpaired) electrons. The van der Waals surface area contributed by atoms with Crippen LogP contribution in [0.25, 0.3) is 0 Å². The fraction of sp³-hybridized carbons (Fsp3) is 0.250. The van der Waals surface area contributed by atoms with Gasteiger partial charge >= 0.3 is 0 Å². The molecule has 1 atom stereocenters. The number of halogens is 2. The van der Waals surface area contributed by atoms with Crippen LogP contribution < -0.4 is 10.5 Å². The molecule has 104 valence electrons. The Labute approximate surface area is 132 Å². The predicted octanol–water partition coefficient (Wildman–Crippen LogP) is 4.69. The van der Waals surface area contributed by atoms with Crippen molar-refractivity contribution < 1.29 is 4.74 Å². The number of rotatable bonds is 4. The lowest BCUT2D eigenvalue weighted by molar-refractivity contribution is 0.303. The average molecular weight is 353 g/mol. The molecule has 2 N–H and O–H groups in total. The molecule has 4 heteroatoms. The molecular weight excluding hydrogens is 338 g/mol. The first-order valence-corrected chi connectivity index (χ1v) is 7.78. The van der Waals surface area contributed by atoms with E-state index < -0.39 is 0 Å². The Bertz CT molecular complexity index is 610. The normalized spacial score (nSPS) is 15.9. The summed E-state index contributed by atoms with van der Waals surface area (Å²) in [4.78, 5) is 0. The molecule has 0 aromatic heterocycles. The molecule has 0 spiro atoms. The Morgan fingerprint density at radius 2 is 1.75 bits per heavy atom. The molecule has 0 saturated heterocycles. The summed E-state index contributed by atoms with van der Waals surface area (Å²) >= 11 is 9.50. The summed E-state index contributed by atoms with van der Waals surface area (Å²) < 4.78 is 6.61. The first-order chi connectivity index (χ1) is 9.63. The van der Waals surface area contributed by atoms with Crippen LogP contribution in [0.2, 0.25) is 5.02 Å². The van der Waals surface area contributed by atoms with Crippen LogP contribution in [0.3, 0.4) is 0 Å². The molecule has 0 aliphatic heterocycles. The highest BCUT2D eigenvalue weighted by atomic mass is 79.9. The fourth-order valence-corrected chi connectivity index (χ4v) is 2.47. The molecule has 0 amide bonds. The van der Waals surface area contributed by atoms with Crippen LogP contribution in [0.1, 0.15) is 30.0 Å². The SMILES string of the molecule is NC(c1ccc(OC2CC2)cc1)c1ccc(Br)c(Cl)c1. The van der Waals surface area contributed by atoms with Crippen molar-refractivity contribution in [1.29, 1.82) is 0 Å². The molecule has 3 rings (SSSR count). The van der Waals surface area contributed by atoms with Crippen molar-refractivity contribution in [1.82, 2.24) is 0 Å². The summed E-state index contributed by atoms with van der Waals surface area (Å²) in [5, 5.41) is 0.673. The Morgan fingerprint density at radius 1 is 1.10 bits per heavy atom. The summed E-state index contributed by atoms with van der Waals surface area (Å²) in [6.45, 7) is 0. The zero-order valence-electron chi connectivity index (χ0n) is 10.9. The van der Waals surface area contributed by atoms with Crippen LogP contribution in [-0.2, 0) is 0 Å². The zero-order chi connectivity index (χ0) is 14.1. The smallest absolute Gasteiger partial charge is 0.119 e. The van der Waals surface area contributed by atoms with E-state index in [2.05, 4.69) is 15.9 Å². The number of nitrogens with two attached hydrogens (primary N) is 1. The van der Waals surface area contributed by atoms with Crippen molar-refractivity contribution in [3.8, 4) is 5.75 Å². The van der Waals surface area contributed by atoms with Gasteiger partial charge in [0.05, 0.1) is 17.2 Å². The maximum atomic E-state index is 6.28. The summed E-state index contributed by atoms with van der Waals surface area (Å²) in [5.74, 6) is 0.914. The van der Waals surface area contributed by atoms with E-state index in [1.807, 2.05) is 42.5 Å². The molecular formula is C16H15BrClNO. The van der Waals surface area contributed by atoms with E-state index in [1.54, 1.807) is 0 Å². The molecule has 1 aliphatic carbocycles. The predicted molar refractivity (Wildman–Crippen MR) is 85.3 cm³/mol. The van der Waals surface area contributed by atoms with Crippen LogP contribution in [0.15, 0.2) is 46.9 Å². The molecule has 1 unspecified atom stereocenters. The van der Waals surface area contributed by atoms with Gasteiger partial charge in [0.1, 0.15) is 5.75 Å². The first-order valence-electron chi connectivity index (χ1n) is 6.60. The van der Waals surface area contributed by atoms with Gasteiger partial charge < -0.3 is 10.5 Å². The van der Waals surface area contributed by atoms with Gasteiger partial charge in [0, 0.05) is 4.47 Å². The van der Waals surface area contributed by atoms with Gasteiger partial charge in [-0.3, -0.25) is 0 Å². The molecule has 20 heavy (non-hydrogen) atoms. The molecule has 1 aliphatic rings. The summed E-state index contributed by atoms with van der Waals surface area (Å²) in [6, 6.07) is 13.6. The minimum atomic E-state index is -0.185. The van der Waals surface area contributed by atoms with E-state index in [-0.39, 0.29) is 6.04 Å². The highest BCUT2D eigenvalue weighted by Gasteiger charge is 2.23. The second-order valence-corrected chi connectivity index (χ2v) is 6.30. The van der Waals surface area contributed by atoms with Crippen LogP contribution in [0, 0.1) is 0 Å². The van der Waals surface area contributed by atoms with E-state index in [0.717, 1.165) is 21.3 Å². The topological polar surface area (TPSA) is 35.2 Å². The van der Waals surface area contributed by atoms with Crippen molar-refractivity contribution in [3.63, 3.8) is 0 Å². The third-order valence-electron chi connectivity index (χ3n) is 3.37. The Morgan fingerprint density at radius 3 is 2.35 bits per heavy atom. The van der Waals surface area contributed by atoms with Crippen molar-refractivity contribution in [2.24, 2.45) is 5.73 Å². The number of benzene rings is 2. The van der Waals surface area contributed by atoms with Gasteiger partial charge in [-0.05, 0) is 64.2 Å². The van der Waals surface area contributed by atoms with Gasteiger partial charge in [0.2, 0.25) is 0 Å². The van der Waals surface area contributed by atoms with E-state index in [9.17, 15) is 0 Å². The van der Waals surface area contributed by atoms with Crippen LogP contribution in [0.4, 0.5) is 0 Å². The standard InChI is InChI=1S/C16H15BrClNO/c17-14-8-3-11(9-15(14)18)16(19)10-1-4-12(5-2-10)20-13-6-7-13/h1-5,8-9,13,16H,6-7,19H2. The average Bonchev–Trinajstić information content (AvgIpc) is 3.26. The number of hydrogen-bond donors (Lipinski definition) is 1. The first kappa shape index (κ1) is 13.9. The Kier molecular flexibility index (Phi) is 4.01. The van der Waals surface area contributed by atoms with Gasteiger partial charge in [0.25, 0.3) is 0 Å². The van der Waals surface area contributed by atoms with Crippen molar-refractivity contribution in [2.45, 2.75) is 25.0 Å². The van der Waals surface area contributed by atoms with Gasteiger partial charge in [-0.25, -0.2) is 0 Å². The minimum Gasteiger partial charge on any atom is -0.490 e. The van der Waals surface area contributed by atoms with Gasteiger partial charge in [-0.2, -0.15) is 0 Å². The fourth-order valence-electron chi connectivity index (χ4n) is 2.03. The highest BCUT2D eigenvalue weighted by Crippen LogP contribution is 2.30. The van der Waals surface area contributed by atoms with Gasteiger partial charge in [0.15, 0.2) is 0 Å². The lowest BCUT2D eigenvalue weighted by Gasteiger charge is -2.14. The van der Waals surface area contributed by atoms with E-state index >= 15 is 0 Å². The van der Waals surface area contributed by atoms with E-state index in [4.69, 9.17) is 22.1 Å². The van der Waals surface area contributed by atoms with Crippen LogP contribution in [-0.4, -0.2) is 6.10 Å². The number of ether oxygens (including phenoxy) is 1. The molecule has 2 aromatic rings. The van der Waals surface area contributed by atoms with Crippen molar-refractivity contribution in [3.05, 3.63) is 63.1 Å². The van der Waals surface area contributed by atoms with E-state index in [1.165, 1.54) is 12.8 Å². The molecule has 1 fully saturated rings. The maximum Gasteiger partial charge on any atom is 0.119 e. The second-order valence-electron chi connectivity index (χ2n) is 5.04. The van der Waals surface area contributed by atoms with Crippen LogP contribution in [0.5, 0.6) is 5.75 Å². The molecule has 1 saturated carbocycles. The van der Waals surface area contributed by atoms with Gasteiger partial charge in [-0.1, -0.05) is 29.8 Å². The lowest BCUT2D eigenvalue weighted by Crippen LogP contribution is -2.11. The third-order valence-corrected chi connectivity index (χ3v) is 4.60. The molecule has 0 bridgehead atoms. The summed E-state index contributed by atoms with van der Waals surface area (Å²) in [7, 11) is 0. The van der Waals surface area contributed by atoms with E-state index in [0.29, 0.717) is 11.1 Å². The van der Waals surface area contributed by atoms with Crippen LogP contribution >= 0.6 is 27.5 Å². The largest absolute Gasteiger partial charge is 0.490 e. The maximum absolute atomic E-state index is 6.28. The third kappa shape index (κ3) is 3.17. The molecule has 2 nitrogen and oxygen atoms in total. The Hall–Kier alpha value is -1.03. The van der Waals surface area contributed by atoms with Crippen molar-refractivity contribution >= 4 is 27.5 Å². The lowest BCUT2D eigenvalue weighted by atomic mass is 10.00. The summed E-state index contributed by atoms with van der Waals surface area (Å²) in [5.41, 5.74) is 8.33.